The zero-order valence-corrected chi connectivity index (χ0v) is 18.4. The Morgan fingerprint density at radius 2 is 1.76 bits per heavy atom. The van der Waals surface area contributed by atoms with Gasteiger partial charge in [-0.05, 0) is 62.1 Å². The predicted octanol–water partition coefficient (Wildman–Crippen LogP) is 4.78. The first-order valence-electron chi connectivity index (χ1n) is 10.6. The molecule has 0 spiro atoms. The summed E-state index contributed by atoms with van der Waals surface area (Å²) in [5.41, 5.74) is 0.191. The number of carboxylic acids is 1. The second kappa shape index (κ2) is 9.72. The molecule has 33 heavy (non-hydrogen) atoms. The van der Waals surface area contributed by atoms with Crippen molar-refractivity contribution < 1.29 is 37.3 Å². The van der Waals surface area contributed by atoms with Gasteiger partial charge in [0, 0.05) is 19.0 Å². The molecule has 178 valence electrons. The summed E-state index contributed by atoms with van der Waals surface area (Å²) in [7, 11) is 0. The highest BCUT2D eigenvalue weighted by atomic mass is 19.4. The molecule has 1 heterocycles. The molecule has 1 fully saturated rings. The SMILES string of the molecule is CC(C)(Oc1cccc(C2CCCN(C(=O)Cc3ccc(OC(F)(F)F)cc3)C2)c1)C(=O)O. The van der Waals surface area contributed by atoms with Crippen LogP contribution in [0.1, 0.15) is 43.7 Å². The molecule has 6 nitrogen and oxygen atoms in total. The van der Waals surface area contributed by atoms with Crippen LogP contribution in [0.25, 0.3) is 0 Å². The summed E-state index contributed by atoms with van der Waals surface area (Å²) in [4.78, 5) is 25.9. The van der Waals surface area contributed by atoms with Gasteiger partial charge >= 0.3 is 12.3 Å². The molecule has 2 aromatic rings. The van der Waals surface area contributed by atoms with Crippen molar-refractivity contribution in [3.8, 4) is 11.5 Å². The lowest BCUT2D eigenvalue weighted by molar-refractivity contribution is -0.274. The van der Waals surface area contributed by atoms with Crippen LogP contribution in [0.5, 0.6) is 11.5 Å². The van der Waals surface area contributed by atoms with Crippen LogP contribution in [0, 0.1) is 0 Å². The van der Waals surface area contributed by atoms with E-state index in [9.17, 15) is 27.9 Å². The summed E-state index contributed by atoms with van der Waals surface area (Å²) in [5.74, 6) is -0.986. The Kier molecular flexibility index (Phi) is 7.19. The first kappa shape index (κ1) is 24.4. The van der Waals surface area contributed by atoms with Gasteiger partial charge in [-0.15, -0.1) is 13.2 Å². The van der Waals surface area contributed by atoms with Crippen molar-refractivity contribution >= 4 is 11.9 Å². The minimum absolute atomic E-state index is 0.0711. The average molecular weight is 465 g/mol. The average Bonchev–Trinajstić information content (AvgIpc) is 2.74. The first-order valence-corrected chi connectivity index (χ1v) is 10.6. The van der Waals surface area contributed by atoms with Crippen LogP contribution in [0.15, 0.2) is 48.5 Å². The molecule has 0 saturated carbocycles. The van der Waals surface area contributed by atoms with Crippen molar-refractivity contribution in [1.29, 1.82) is 0 Å². The Bertz CT molecular complexity index is 988. The van der Waals surface area contributed by atoms with Crippen molar-refractivity contribution in [3.05, 3.63) is 59.7 Å². The largest absolute Gasteiger partial charge is 0.573 e. The number of carbonyl (C=O) groups is 2. The van der Waals surface area contributed by atoms with Crippen molar-refractivity contribution in [1.82, 2.24) is 4.90 Å². The maximum absolute atomic E-state index is 12.8. The van der Waals surface area contributed by atoms with Gasteiger partial charge < -0.3 is 19.5 Å². The molecule has 9 heteroatoms. The zero-order chi connectivity index (χ0) is 24.2. The highest BCUT2D eigenvalue weighted by molar-refractivity contribution is 5.79. The van der Waals surface area contributed by atoms with Gasteiger partial charge in [-0.2, -0.15) is 0 Å². The number of ether oxygens (including phenoxy) is 2. The van der Waals surface area contributed by atoms with Crippen molar-refractivity contribution in [2.24, 2.45) is 0 Å². The van der Waals surface area contributed by atoms with Crippen LogP contribution in [0.3, 0.4) is 0 Å². The van der Waals surface area contributed by atoms with Gasteiger partial charge in [0.2, 0.25) is 5.91 Å². The van der Waals surface area contributed by atoms with E-state index < -0.39 is 17.9 Å². The van der Waals surface area contributed by atoms with Crippen molar-refractivity contribution in [3.63, 3.8) is 0 Å². The van der Waals surface area contributed by atoms with E-state index in [0.29, 0.717) is 24.4 Å². The number of nitrogens with zero attached hydrogens (tertiary/aromatic N) is 1. The summed E-state index contributed by atoms with van der Waals surface area (Å²) in [5, 5.41) is 9.28. The quantitative estimate of drug-likeness (QED) is 0.637. The second-order valence-electron chi connectivity index (χ2n) is 8.54. The molecule has 1 atom stereocenters. The molecule has 2 aromatic carbocycles. The number of likely N-dealkylation sites (tertiary alicyclic amines) is 1. The second-order valence-corrected chi connectivity index (χ2v) is 8.54. The molecule has 0 aromatic heterocycles. The van der Waals surface area contributed by atoms with E-state index in [1.54, 1.807) is 17.0 Å². The van der Waals surface area contributed by atoms with E-state index in [0.717, 1.165) is 18.4 Å². The molecule has 0 aliphatic carbocycles. The van der Waals surface area contributed by atoms with E-state index in [4.69, 9.17) is 4.74 Å². The molecule has 0 bridgehead atoms. The normalized spacial score (nSPS) is 16.9. The zero-order valence-electron chi connectivity index (χ0n) is 18.4. The number of hydrogen-bond donors (Lipinski definition) is 1. The smallest absolute Gasteiger partial charge is 0.478 e. The third-order valence-electron chi connectivity index (χ3n) is 5.50. The number of carbonyl (C=O) groups excluding carboxylic acids is 1. The van der Waals surface area contributed by atoms with Crippen LogP contribution in [-0.4, -0.2) is 46.9 Å². The molecule has 1 N–H and O–H groups in total. The molecule has 1 unspecified atom stereocenters. The third kappa shape index (κ3) is 6.87. The number of amides is 1. The number of benzene rings is 2. The minimum atomic E-state index is -4.76. The van der Waals surface area contributed by atoms with E-state index in [-0.39, 0.29) is 24.0 Å². The maximum Gasteiger partial charge on any atom is 0.573 e. The lowest BCUT2D eigenvalue weighted by atomic mass is 9.90. The lowest BCUT2D eigenvalue weighted by Gasteiger charge is -2.33. The monoisotopic (exact) mass is 465 g/mol. The van der Waals surface area contributed by atoms with Gasteiger partial charge in [0.1, 0.15) is 11.5 Å². The number of halogens is 3. The maximum atomic E-state index is 12.8. The van der Waals surface area contributed by atoms with Crippen LogP contribution >= 0.6 is 0 Å². The van der Waals surface area contributed by atoms with Gasteiger partial charge in [0.15, 0.2) is 5.60 Å². The van der Waals surface area contributed by atoms with Gasteiger partial charge in [0.25, 0.3) is 0 Å². The van der Waals surface area contributed by atoms with E-state index >= 15 is 0 Å². The highest BCUT2D eigenvalue weighted by Gasteiger charge is 2.31. The van der Waals surface area contributed by atoms with E-state index in [1.165, 1.54) is 38.1 Å². The molecule has 1 aliphatic rings. The third-order valence-corrected chi connectivity index (χ3v) is 5.50. The fourth-order valence-corrected chi connectivity index (χ4v) is 3.74. The molecule has 3 rings (SSSR count). The van der Waals surface area contributed by atoms with Crippen LogP contribution in [-0.2, 0) is 16.0 Å². The fourth-order valence-electron chi connectivity index (χ4n) is 3.74. The van der Waals surface area contributed by atoms with Crippen molar-refractivity contribution in [2.45, 2.75) is 51.0 Å². The van der Waals surface area contributed by atoms with Gasteiger partial charge in [0.05, 0.1) is 6.42 Å². The summed E-state index contributed by atoms with van der Waals surface area (Å²) in [6.07, 6.45) is -3.00. The number of alkyl halides is 3. The molecule has 1 amide bonds. The Balaban J connectivity index is 1.63. The van der Waals surface area contributed by atoms with Gasteiger partial charge in [-0.1, -0.05) is 24.3 Å². The van der Waals surface area contributed by atoms with Crippen LogP contribution in [0.4, 0.5) is 13.2 Å². The molecule has 1 saturated heterocycles. The van der Waals surface area contributed by atoms with E-state index in [2.05, 4.69) is 4.74 Å². The van der Waals surface area contributed by atoms with Crippen LogP contribution in [0.2, 0.25) is 0 Å². The Morgan fingerprint density at radius 3 is 2.39 bits per heavy atom. The first-order chi connectivity index (χ1) is 15.4. The summed E-state index contributed by atoms with van der Waals surface area (Å²) < 4.78 is 46.4. The number of rotatable bonds is 7. The summed E-state index contributed by atoms with van der Waals surface area (Å²) in [6.45, 7) is 4.06. The predicted molar refractivity (Wildman–Crippen MR) is 114 cm³/mol. The molecular formula is C24H26F3NO5. The number of piperidine rings is 1. The Labute approximate surface area is 189 Å². The van der Waals surface area contributed by atoms with E-state index in [1.807, 2.05) is 12.1 Å². The number of carboxylic acid groups (broad SMARTS) is 1. The molecule has 1 aliphatic heterocycles. The number of aliphatic carboxylic acids is 1. The fraction of sp³-hybridized carbons (Fsp3) is 0.417. The lowest BCUT2D eigenvalue weighted by Crippen LogP contribution is -2.40. The van der Waals surface area contributed by atoms with Gasteiger partial charge in [-0.25, -0.2) is 4.79 Å². The molecular weight excluding hydrogens is 439 g/mol. The summed E-state index contributed by atoms with van der Waals surface area (Å²) in [6, 6.07) is 12.5. The Hall–Kier alpha value is -3.23. The standard InChI is InChI=1S/C24H26F3NO5/c1-23(2,22(30)31)32-20-7-3-5-17(14-20)18-6-4-12-28(15-18)21(29)13-16-8-10-19(11-9-16)33-24(25,26)27/h3,5,7-11,14,18H,4,6,12-13,15H2,1-2H3,(H,30,31). The van der Waals surface area contributed by atoms with Gasteiger partial charge in [-0.3, -0.25) is 4.79 Å². The highest BCUT2D eigenvalue weighted by Crippen LogP contribution is 2.31. The van der Waals surface area contributed by atoms with Crippen LogP contribution < -0.4 is 9.47 Å². The topological polar surface area (TPSA) is 76.1 Å². The number of hydrogen-bond acceptors (Lipinski definition) is 4. The minimum Gasteiger partial charge on any atom is -0.478 e. The van der Waals surface area contributed by atoms with Crippen molar-refractivity contribution in [2.75, 3.05) is 13.1 Å². The Morgan fingerprint density at radius 1 is 1.06 bits per heavy atom. The summed E-state index contributed by atoms with van der Waals surface area (Å²) >= 11 is 0. The molecule has 0 radical (unpaired) electrons.